The summed E-state index contributed by atoms with van der Waals surface area (Å²) in [6.07, 6.45) is 2.95. The van der Waals surface area contributed by atoms with E-state index in [0.717, 1.165) is 35.0 Å². The second kappa shape index (κ2) is 5.79. The summed E-state index contributed by atoms with van der Waals surface area (Å²) in [7, 11) is 0. The summed E-state index contributed by atoms with van der Waals surface area (Å²) in [4.78, 5) is 0.890. The molecule has 1 atom stereocenters. The van der Waals surface area contributed by atoms with Crippen LogP contribution in [0.1, 0.15) is 57.4 Å². The zero-order valence-corrected chi connectivity index (χ0v) is 14.7. The molecule has 4 heteroatoms. The Hall–Kier alpha value is -0.370. The van der Waals surface area contributed by atoms with Crippen molar-refractivity contribution in [2.24, 2.45) is 16.7 Å². The number of thiophene rings is 1. The first-order valence-electron chi connectivity index (χ1n) is 7.12. The lowest BCUT2D eigenvalue weighted by molar-refractivity contribution is 0.0101. The zero-order chi connectivity index (χ0) is 15.0. The van der Waals surface area contributed by atoms with Gasteiger partial charge in [0.25, 0.3) is 0 Å². The van der Waals surface area contributed by atoms with Gasteiger partial charge in [0.15, 0.2) is 0 Å². The van der Waals surface area contributed by atoms with E-state index in [2.05, 4.69) is 42.8 Å². The van der Waals surface area contributed by atoms with Gasteiger partial charge in [-0.15, -0.1) is 11.3 Å². The Kier molecular flexibility index (Phi) is 4.63. The normalized spacial score (nSPS) is 28.9. The molecule has 0 aromatic carbocycles. The summed E-state index contributed by atoms with van der Waals surface area (Å²) in [5.74, 6) is 0.642. The molecule has 0 amide bonds. The van der Waals surface area contributed by atoms with Gasteiger partial charge in [0, 0.05) is 9.35 Å². The Morgan fingerprint density at radius 2 is 2.05 bits per heavy atom. The molecular weight excluding hydrogens is 334 g/mol. The van der Waals surface area contributed by atoms with Crippen LogP contribution in [-0.4, -0.2) is 5.11 Å². The van der Waals surface area contributed by atoms with Crippen LogP contribution in [0.3, 0.4) is 0 Å². The van der Waals surface area contributed by atoms with Crippen molar-refractivity contribution in [1.82, 2.24) is 0 Å². The van der Waals surface area contributed by atoms with Gasteiger partial charge in [0.2, 0.25) is 0 Å². The van der Waals surface area contributed by atoms with Gasteiger partial charge in [0.1, 0.15) is 6.10 Å². The lowest BCUT2D eigenvalue weighted by atomic mass is 9.62. The van der Waals surface area contributed by atoms with Gasteiger partial charge in [0.05, 0.1) is 11.5 Å². The molecule has 1 saturated carbocycles. The first kappa shape index (κ1) is 16.0. The van der Waals surface area contributed by atoms with Gasteiger partial charge in [-0.25, -0.2) is 0 Å². The molecule has 2 rings (SSSR count). The number of aliphatic hydroxyl groups excluding tert-OH is 1. The van der Waals surface area contributed by atoms with Gasteiger partial charge >= 0.3 is 0 Å². The van der Waals surface area contributed by atoms with Crippen LogP contribution in [0.25, 0.3) is 0 Å². The van der Waals surface area contributed by atoms with Crippen molar-refractivity contribution in [3.63, 3.8) is 0 Å². The molecule has 1 fully saturated rings. The minimum Gasteiger partial charge on any atom is -0.386 e. The Labute approximate surface area is 133 Å². The monoisotopic (exact) mass is 355 g/mol. The van der Waals surface area contributed by atoms with Crippen molar-refractivity contribution in [3.8, 4) is 6.07 Å². The average Bonchev–Trinajstić information content (AvgIpc) is 2.83. The summed E-state index contributed by atoms with van der Waals surface area (Å²) >= 11 is 5.00. The Bertz CT molecular complexity index is 503. The van der Waals surface area contributed by atoms with Gasteiger partial charge in [-0.2, -0.15) is 5.26 Å². The molecule has 1 heterocycles. The summed E-state index contributed by atoms with van der Waals surface area (Å²) in [6.45, 7) is 6.80. The second-order valence-electron chi connectivity index (χ2n) is 6.94. The topological polar surface area (TPSA) is 44.0 Å². The molecule has 1 N–H and O–H groups in total. The third-order valence-corrected chi connectivity index (χ3v) is 6.66. The quantitative estimate of drug-likeness (QED) is 0.782. The maximum Gasteiger partial charge on any atom is 0.108 e. The largest absolute Gasteiger partial charge is 0.386 e. The van der Waals surface area contributed by atoms with E-state index in [-0.39, 0.29) is 5.41 Å². The van der Waals surface area contributed by atoms with Gasteiger partial charge in [-0.3, -0.25) is 0 Å². The van der Waals surface area contributed by atoms with E-state index >= 15 is 0 Å². The molecule has 0 radical (unpaired) electrons. The maximum atomic E-state index is 10.7. The number of nitrogens with zero attached hydrogens (tertiary/aromatic N) is 1. The fraction of sp³-hybridized carbons (Fsp3) is 0.688. The number of rotatable bonds is 2. The number of aliphatic hydroxyl groups is 1. The van der Waals surface area contributed by atoms with E-state index in [1.165, 1.54) is 11.3 Å². The van der Waals surface area contributed by atoms with Crippen molar-refractivity contribution >= 4 is 27.3 Å². The third-order valence-electron chi connectivity index (χ3n) is 4.74. The zero-order valence-electron chi connectivity index (χ0n) is 12.3. The van der Waals surface area contributed by atoms with E-state index in [9.17, 15) is 10.4 Å². The highest BCUT2D eigenvalue weighted by molar-refractivity contribution is 9.10. The van der Waals surface area contributed by atoms with Crippen molar-refractivity contribution < 1.29 is 5.11 Å². The fourth-order valence-electron chi connectivity index (χ4n) is 3.20. The molecular formula is C16H22BrNOS. The number of hydrogen-bond donors (Lipinski definition) is 1. The van der Waals surface area contributed by atoms with Crippen LogP contribution >= 0.6 is 27.3 Å². The lowest BCUT2D eigenvalue weighted by Gasteiger charge is -2.42. The van der Waals surface area contributed by atoms with Crippen LogP contribution < -0.4 is 0 Å². The molecule has 0 aliphatic heterocycles. The maximum absolute atomic E-state index is 10.7. The van der Waals surface area contributed by atoms with Crippen LogP contribution in [0, 0.1) is 28.1 Å². The van der Waals surface area contributed by atoms with E-state index in [4.69, 9.17) is 0 Å². The van der Waals surface area contributed by atoms with Crippen LogP contribution in [-0.2, 0) is 0 Å². The van der Waals surface area contributed by atoms with Gasteiger partial charge in [-0.1, -0.05) is 20.8 Å². The van der Waals surface area contributed by atoms with E-state index in [0.29, 0.717) is 5.92 Å². The Morgan fingerprint density at radius 3 is 2.45 bits per heavy atom. The minimum absolute atomic E-state index is 0.288. The van der Waals surface area contributed by atoms with Crippen LogP contribution in [0.5, 0.6) is 0 Å². The molecule has 20 heavy (non-hydrogen) atoms. The smallest absolute Gasteiger partial charge is 0.108 e. The van der Waals surface area contributed by atoms with Gasteiger partial charge < -0.3 is 5.11 Å². The molecule has 0 spiro atoms. The first-order valence-corrected chi connectivity index (χ1v) is 8.79. The SMILES string of the molecule is CC(C)(C)C1CCC(C#N)(C(O)c2sccc2Br)CC1. The predicted octanol–water partition coefficient (Wildman–Crippen LogP) is 5.29. The van der Waals surface area contributed by atoms with Crippen molar-refractivity contribution in [3.05, 3.63) is 20.8 Å². The predicted molar refractivity (Wildman–Crippen MR) is 86.4 cm³/mol. The van der Waals surface area contributed by atoms with Crippen molar-refractivity contribution in [2.45, 2.75) is 52.6 Å². The molecule has 0 saturated heterocycles. The number of nitriles is 1. The molecule has 1 aromatic heterocycles. The summed E-state index contributed by atoms with van der Waals surface area (Å²) in [6, 6.07) is 4.38. The van der Waals surface area contributed by atoms with E-state index in [1.54, 1.807) is 0 Å². The average molecular weight is 356 g/mol. The molecule has 0 bridgehead atoms. The van der Waals surface area contributed by atoms with Crippen molar-refractivity contribution in [2.75, 3.05) is 0 Å². The number of hydrogen-bond acceptors (Lipinski definition) is 3. The molecule has 1 aromatic rings. The van der Waals surface area contributed by atoms with Crippen LogP contribution in [0.2, 0.25) is 0 Å². The summed E-state index contributed by atoms with van der Waals surface area (Å²) in [5.41, 5.74) is -0.328. The van der Waals surface area contributed by atoms with E-state index in [1.807, 2.05) is 11.4 Å². The molecule has 1 aliphatic rings. The standard InChI is InChI=1S/C16H22BrNOS/c1-15(2,3)11-4-7-16(10-18,8-5-11)14(19)13-12(17)6-9-20-13/h6,9,11,14,19H,4-5,7-8H2,1-3H3. The molecule has 1 aliphatic carbocycles. The molecule has 2 nitrogen and oxygen atoms in total. The fourth-order valence-corrected chi connectivity index (χ4v) is 4.89. The Morgan fingerprint density at radius 1 is 1.45 bits per heavy atom. The molecule has 110 valence electrons. The lowest BCUT2D eigenvalue weighted by Crippen LogP contribution is -2.35. The van der Waals surface area contributed by atoms with Crippen LogP contribution in [0.4, 0.5) is 0 Å². The van der Waals surface area contributed by atoms with Crippen LogP contribution in [0.15, 0.2) is 15.9 Å². The number of halogens is 1. The Balaban J connectivity index is 2.18. The van der Waals surface area contributed by atoms with Gasteiger partial charge in [-0.05, 0) is 64.4 Å². The highest BCUT2D eigenvalue weighted by Crippen LogP contribution is 2.52. The first-order chi connectivity index (χ1) is 9.30. The minimum atomic E-state index is -0.678. The third kappa shape index (κ3) is 2.95. The summed E-state index contributed by atoms with van der Waals surface area (Å²) < 4.78 is 0.919. The summed E-state index contributed by atoms with van der Waals surface area (Å²) in [5, 5.41) is 22.3. The second-order valence-corrected chi connectivity index (χ2v) is 8.75. The van der Waals surface area contributed by atoms with E-state index < -0.39 is 11.5 Å². The highest BCUT2D eigenvalue weighted by Gasteiger charge is 2.45. The highest BCUT2D eigenvalue weighted by atomic mass is 79.9. The molecule has 1 unspecified atom stereocenters. The van der Waals surface area contributed by atoms with Crippen molar-refractivity contribution in [1.29, 1.82) is 5.26 Å².